The highest BCUT2D eigenvalue weighted by Gasteiger charge is 2.19. The van der Waals surface area contributed by atoms with Crippen LogP contribution in [0, 0.1) is 18.3 Å². The second-order valence-electron chi connectivity index (χ2n) is 10.3. The van der Waals surface area contributed by atoms with Gasteiger partial charge >= 0.3 is 0 Å². The van der Waals surface area contributed by atoms with Crippen molar-refractivity contribution in [3.8, 4) is 23.1 Å². The Hall–Kier alpha value is -3.63. The van der Waals surface area contributed by atoms with E-state index in [9.17, 15) is 15.2 Å². The highest BCUT2D eigenvalue weighted by atomic mass is 16.5. The van der Waals surface area contributed by atoms with E-state index in [0.29, 0.717) is 29.7 Å². The lowest BCUT2D eigenvalue weighted by molar-refractivity contribution is 0.0930. The minimum Gasteiger partial charge on any atom is -0.490 e. The van der Waals surface area contributed by atoms with Crippen molar-refractivity contribution in [1.82, 2.24) is 14.9 Å². The number of aliphatic hydroxyl groups excluding tert-OH is 1. The van der Waals surface area contributed by atoms with Crippen molar-refractivity contribution in [1.29, 1.82) is 5.26 Å². The van der Waals surface area contributed by atoms with E-state index < -0.39 is 0 Å². The van der Waals surface area contributed by atoms with Gasteiger partial charge in [0.25, 0.3) is 5.91 Å². The number of aromatic nitrogens is 2. The van der Waals surface area contributed by atoms with Crippen LogP contribution in [0.3, 0.4) is 0 Å². The molecule has 190 valence electrons. The van der Waals surface area contributed by atoms with Gasteiger partial charge in [0.2, 0.25) is 0 Å². The van der Waals surface area contributed by atoms with Crippen LogP contribution in [-0.2, 0) is 12.0 Å². The summed E-state index contributed by atoms with van der Waals surface area (Å²) in [7, 11) is 0. The van der Waals surface area contributed by atoms with Gasteiger partial charge in [-0.05, 0) is 78.1 Å². The van der Waals surface area contributed by atoms with Gasteiger partial charge in [-0.1, -0.05) is 24.3 Å². The summed E-state index contributed by atoms with van der Waals surface area (Å²) in [4.78, 5) is 17.6. The van der Waals surface area contributed by atoms with Crippen LogP contribution in [0.4, 0.5) is 0 Å². The van der Waals surface area contributed by atoms with E-state index in [2.05, 4.69) is 42.9 Å². The average Bonchev–Trinajstić information content (AvgIpc) is 3.21. The third-order valence-electron chi connectivity index (χ3n) is 5.87. The zero-order chi connectivity index (χ0) is 26.5. The summed E-state index contributed by atoms with van der Waals surface area (Å²) >= 11 is 0. The topological polar surface area (TPSA) is 100 Å². The number of benzene rings is 2. The lowest BCUT2D eigenvalue weighted by Crippen LogP contribution is -2.37. The molecule has 1 amide bonds. The van der Waals surface area contributed by atoms with Gasteiger partial charge in [-0.3, -0.25) is 4.79 Å². The second kappa shape index (κ2) is 11.4. The summed E-state index contributed by atoms with van der Waals surface area (Å²) in [6.45, 7) is 12.2. The maximum atomic E-state index is 12.9. The lowest BCUT2D eigenvalue weighted by Gasteiger charge is -2.22. The van der Waals surface area contributed by atoms with Crippen LogP contribution in [-0.4, -0.2) is 39.3 Å². The van der Waals surface area contributed by atoms with Crippen LogP contribution in [0.15, 0.2) is 48.7 Å². The first-order chi connectivity index (χ1) is 17.0. The number of amides is 1. The van der Waals surface area contributed by atoms with Crippen LogP contribution in [0.1, 0.15) is 68.3 Å². The molecule has 1 atom stereocenters. The number of imidazole rings is 1. The fourth-order valence-electron chi connectivity index (χ4n) is 4.15. The predicted molar refractivity (Wildman–Crippen MR) is 141 cm³/mol. The highest BCUT2D eigenvalue weighted by molar-refractivity contribution is 5.95. The van der Waals surface area contributed by atoms with Gasteiger partial charge in [-0.25, -0.2) is 4.98 Å². The van der Waals surface area contributed by atoms with E-state index >= 15 is 0 Å². The molecule has 7 heteroatoms. The maximum Gasteiger partial charge on any atom is 0.251 e. The molecule has 0 unspecified atom stereocenters. The minimum absolute atomic E-state index is 0.0409. The Bertz CT molecular complexity index is 1230. The van der Waals surface area contributed by atoms with Gasteiger partial charge < -0.3 is 19.7 Å². The first-order valence-electron chi connectivity index (χ1n) is 12.3. The Labute approximate surface area is 213 Å². The van der Waals surface area contributed by atoms with Gasteiger partial charge in [-0.15, -0.1) is 0 Å². The molecule has 0 bridgehead atoms. The molecule has 0 aliphatic heterocycles. The van der Waals surface area contributed by atoms with Crippen molar-refractivity contribution in [2.24, 2.45) is 0 Å². The average molecular weight is 489 g/mol. The third-order valence-corrected chi connectivity index (χ3v) is 5.87. The zero-order valence-corrected chi connectivity index (χ0v) is 22.0. The molecule has 0 spiro atoms. The number of aryl methyl sites for hydroxylation is 1. The summed E-state index contributed by atoms with van der Waals surface area (Å²) in [6, 6.07) is 14.8. The van der Waals surface area contributed by atoms with Crippen molar-refractivity contribution in [3.05, 3.63) is 71.2 Å². The van der Waals surface area contributed by atoms with Crippen LogP contribution < -0.4 is 10.1 Å². The van der Waals surface area contributed by atoms with Crippen LogP contribution >= 0.6 is 0 Å². The number of ether oxygens (including phenoxy) is 1. The van der Waals surface area contributed by atoms with Gasteiger partial charge in [0, 0.05) is 35.5 Å². The number of nitriles is 1. The first-order valence-corrected chi connectivity index (χ1v) is 12.3. The van der Waals surface area contributed by atoms with Crippen molar-refractivity contribution < 1.29 is 14.6 Å². The van der Waals surface area contributed by atoms with E-state index in [4.69, 9.17) is 9.72 Å². The Morgan fingerprint density at radius 2 is 1.89 bits per heavy atom. The molecule has 0 radical (unpaired) electrons. The number of aliphatic hydroxyl groups is 1. The number of nitrogens with zero attached hydrogens (tertiary/aromatic N) is 3. The molecule has 2 aromatic carbocycles. The molecule has 2 N–H and O–H groups in total. The fourth-order valence-corrected chi connectivity index (χ4v) is 4.15. The highest BCUT2D eigenvalue weighted by Crippen LogP contribution is 2.25. The van der Waals surface area contributed by atoms with E-state index in [0.717, 1.165) is 22.6 Å². The second-order valence-corrected chi connectivity index (χ2v) is 10.3. The first kappa shape index (κ1) is 27.0. The van der Waals surface area contributed by atoms with Crippen LogP contribution in [0.25, 0.3) is 11.3 Å². The van der Waals surface area contributed by atoms with Crippen molar-refractivity contribution in [2.75, 3.05) is 6.61 Å². The third kappa shape index (κ3) is 6.73. The quantitative estimate of drug-likeness (QED) is 0.442. The molecule has 0 aliphatic carbocycles. The molecule has 0 fully saturated rings. The number of hydrogen-bond donors (Lipinski definition) is 2. The molecule has 3 aromatic rings. The zero-order valence-electron chi connectivity index (χ0n) is 22.0. The van der Waals surface area contributed by atoms with Gasteiger partial charge in [0.15, 0.2) is 0 Å². The SMILES string of the molecule is Cc1nc(-c2ccc(C[C@@H](CCO)NC(=O)c3ccc(OC(C)C)c(C#N)c3)cc2)cn1C(C)(C)C. The standard InChI is InChI=1S/C29H36N4O3/c1-19(2)36-27-12-11-23(16-24(27)17-30)28(35)32-25(13-14-34)15-21-7-9-22(10-8-21)26-18-33(20(3)31-26)29(4,5)6/h7-12,16,18-19,25,34H,13-15H2,1-6H3,(H,32,35)/t25-/m1/s1. The molecule has 7 nitrogen and oxygen atoms in total. The van der Waals surface area contributed by atoms with Crippen molar-refractivity contribution in [2.45, 2.75) is 72.1 Å². The molecule has 3 rings (SSSR count). The predicted octanol–water partition coefficient (Wildman–Crippen LogP) is 5.00. The van der Waals surface area contributed by atoms with Crippen molar-refractivity contribution >= 4 is 5.91 Å². The number of carbonyl (C=O) groups is 1. The smallest absolute Gasteiger partial charge is 0.251 e. The van der Waals surface area contributed by atoms with E-state index in [1.807, 2.05) is 45.0 Å². The normalized spacial score (nSPS) is 12.3. The molecular formula is C29H36N4O3. The Morgan fingerprint density at radius 1 is 1.19 bits per heavy atom. The van der Waals surface area contributed by atoms with Gasteiger partial charge in [0.1, 0.15) is 17.6 Å². The van der Waals surface area contributed by atoms with Crippen molar-refractivity contribution in [3.63, 3.8) is 0 Å². The summed E-state index contributed by atoms with van der Waals surface area (Å²) in [5.74, 6) is 1.13. The number of nitrogens with one attached hydrogen (secondary N) is 1. The maximum absolute atomic E-state index is 12.9. The molecule has 0 saturated heterocycles. The van der Waals surface area contributed by atoms with Crippen LogP contribution in [0.2, 0.25) is 0 Å². The number of carbonyl (C=O) groups excluding carboxylic acids is 1. The summed E-state index contributed by atoms with van der Waals surface area (Å²) in [5, 5.41) is 22.0. The largest absolute Gasteiger partial charge is 0.490 e. The van der Waals surface area contributed by atoms with E-state index in [-0.39, 0.29) is 30.2 Å². The molecule has 36 heavy (non-hydrogen) atoms. The molecule has 0 aliphatic rings. The number of hydrogen-bond acceptors (Lipinski definition) is 5. The Kier molecular flexibility index (Phi) is 8.54. The van der Waals surface area contributed by atoms with Gasteiger partial charge in [-0.2, -0.15) is 5.26 Å². The summed E-state index contributed by atoms with van der Waals surface area (Å²) in [6.07, 6.45) is 2.99. The molecule has 1 heterocycles. The fraction of sp³-hybridized carbons (Fsp3) is 0.414. The summed E-state index contributed by atoms with van der Waals surface area (Å²) < 4.78 is 7.81. The number of rotatable bonds is 9. The molecule has 0 saturated carbocycles. The Morgan fingerprint density at radius 3 is 2.44 bits per heavy atom. The Balaban J connectivity index is 1.72. The molecule has 1 aromatic heterocycles. The minimum atomic E-state index is -0.291. The van der Waals surface area contributed by atoms with Crippen LogP contribution in [0.5, 0.6) is 5.75 Å². The monoisotopic (exact) mass is 488 g/mol. The lowest BCUT2D eigenvalue weighted by atomic mass is 10.0. The van der Waals surface area contributed by atoms with Gasteiger partial charge in [0.05, 0.1) is 17.4 Å². The van der Waals surface area contributed by atoms with E-state index in [1.54, 1.807) is 12.1 Å². The summed E-state index contributed by atoms with van der Waals surface area (Å²) in [5.41, 5.74) is 3.65. The van der Waals surface area contributed by atoms with E-state index in [1.165, 1.54) is 6.07 Å². The molecular weight excluding hydrogens is 452 g/mol.